The van der Waals surface area contributed by atoms with E-state index < -0.39 is 0 Å². The van der Waals surface area contributed by atoms with Crippen LogP contribution in [0, 0.1) is 0 Å². The van der Waals surface area contributed by atoms with Crippen LogP contribution in [0.2, 0.25) is 0 Å². The number of hydrogen-bond acceptors (Lipinski definition) is 4. The second-order valence-corrected chi connectivity index (χ2v) is 6.88. The van der Waals surface area contributed by atoms with Crippen molar-refractivity contribution < 1.29 is 9.84 Å². The van der Waals surface area contributed by atoms with Gasteiger partial charge in [-0.15, -0.1) is 0 Å². The van der Waals surface area contributed by atoms with Gasteiger partial charge in [-0.25, -0.2) is 0 Å². The van der Waals surface area contributed by atoms with Crippen molar-refractivity contribution >= 4 is 12.6 Å². The Labute approximate surface area is 175 Å². The molecule has 0 aromatic heterocycles. The lowest BCUT2D eigenvalue weighted by Crippen LogP contribution is -2.27. The number of aromatic hydroxyl groups is 1. The number of benzene rings is 1. The van der Waals surface area contributed by atoms with Crippen LogP contribution in [0.15, 0.2) is 82.6 Å². The number of hydrogen-bond donors (Lipinski definition) is 2. The summed E-state index contributed by atoms with van der Waals surface area (Å²) < 4.78 is 5.84. The summed E-state index contributed by atoms with van der Waals surface area (Å²) in [5.74, 6) is 0.971. The maximum Gasteiger partial charge on any atom is 0.119 e. The van der Waals surface area contributed by atoms with Crippen LogP contribution in [-0.4, -0.2) is 23.2 Å². The summed E-state index contributed by atoms with van der Waals surface area (Å²) in [4.78, 5) is 2.21. The second kappa shape index (κ2) is 12.2. The lowest BCUT2D eigenvalue weighted by Gasteiger charge is -2.29. The Bertz CT molecular complexity index is 770. The van der Waals surface area contributed by atoms with Gasteiger partial charge >= 0.3 is 0 Å². The molecule has 0 spiro atoms. The van der Waals surface area contributed by atoms with Crippen molar-refractivity contribution in [3.05, 3.63) is 82.6 Å². The average Bonchev–Trinajstić information content (AvgIpc) is 2.68. The van der Waals surface area contributed by atoms with Gasteiger partial charge in [-0.2, -0.15) is 12.6 Å². The third kappa shape index (κ3) is 7.35. The van der Waals surface area contributed by atoms with E-state index in [4.69, 9.17) is 4.74 Å². The maximum absolute atomic E-state index is 9.38. The van der Waals surface area contributed by atoms with Crippen LogP contribution in [-0.2, 0) is 0 Å². The topological polar surface area (TPSA) is 32.7 Å². The number of ether oxygens (including phenoxy) is 1. The fraction of sp³-hybridized carbons (Fsp3) is 0.333. The number of allylic oxidation sites excluding steroid dienone is 7. The van der Waals surface area contributed by atoms with E-state index in [1.54, 1.807) is 29.7 Å². The van der Waals surface area contributed by atoms with E-state index in [2.05, 4.69) is 64.0 Å². The second-order valence-electron chi connectivity index (χ2n) is 6.58. The molecule has 1 aromatic carbocycles. The molecule has 1 rings (SSSR count). The van der Waals surface area contributed by atoms with Gasteiger partial charge in [0.25, 0.3) is 0 Å². The maximum atomic E-state index is 9.38. The van der Waals surface area contributed by atoms with Crippen LogP contribution >= 0.6 is 12.6 Å². The molecule has 0 amide bonds. The van der Waals surface area contributed by atoms with Gasteiger partial charge in [-0.1, -0.05) is 31.7 Å². The first-order chi connectivity index (χ1) is 13.3. The van der Waals surface area contributed by atoms with Crippen LogP contribution in [0.25, 0.3) is 0 Å². The Morgan fingerprint density at radius 1 is 1.18 bits per heavy atom. The molecule has 28 heavy (non-hydrogen) atoms. The molecule has 0 aliphatic heterocycles. The third-order valence-electron chi connectivity index (χ3n) is 4.62. The van der Waals surface area contributed by atoms with E-state index in [1.807, 2.05) is 13.0 Å². The van der Waals surface area contributed by atoms with E-state index in [0.29, 0.717) is 13.2 Å². The van der Waals surface area contributed by atoms with Gasteiger partial charge in [0.1, 0.15) is 18.1 Å². The first kappa shape index (κ1) is 23.7. The zero-order valence-corrected chi connectivity index (χ0v) is 18.6. The first-order valence-corrected chi connectivity index (χ1v) is 10.1. The van der Waals surface area contributed by atoms with E-state index >= 15 is 0 Å². The number of thiol groups is 1. The molecule has 152 valence electrons. The summed E-state index contributed by atoms with van der Waals surface area (Å²) in [5, 5.41) is 11.1. The SMILES string of the molecule is C=C(/C(C)=C/C(C)=C(C)/C=C\S)N(CCOc1ccc(O)cc1)/C(=C\C)CC. The average molecular weight is 400 g/mol. The Kier molecular flexibility index (Phi) is 10.3. The zero-order valence-electron chi connectivity index (χ0n) is 17.7. The highest BCUT2D eigenvalue weighted by molar-refractivity contribution is 7.83. The molecular weight excluding hydrogens is 366 g/mol. The number of rotatable bonds is 10. The molecule has 0 bridgehead atoms. The predicted octanol–water partition coefficient (Wildman–Crippen LogP) is 6.63. The van der Waals surface area contributed by atoms with Crippen LogP contribution in [0.4, 0.5) is 0 Å². The van der Waals surface area contributed by atoms with Gasteiger partial charge in [-0.3, -0.25) is 0 Å². The zero-order chi connectivity index (χ0) is 21.1. The van der Waals surface area contributed by atoms with Gasteiger partial charge in [0, 0.05) is 11.4 Å². The van der Waals surface area contributed by atoms with Gasteiger partial charge in [0.05, 0.1) is 6.54 Å². The standard InChI is InChI=1S/C24H33NO2S/c1-7-22(8-2)25(14-15-27-24-11-9-23(26)10-12-24)21(6)20(5)17-19(4)18(3)13-16-28/h7,9-13,16-17,26,28H,6,8,14-15H2,1-5H3/b16-13-,19-18+,20-17+,22-7-. The highest BCUT2D eigenvalue weighted by Crippen LogP contribution is 2.23. The fourth-order valence-corrected chi connectivity index (χ4v) is 3.00. The summed E-state index contributed by atoms with van der Waals surface area (Å²) in [6.45, 7) is 16.0. The highest BCUT2D eigenvalue weighted by Gasteiger charge is 2.13. The summed E-state index contributed by atoms with van der Waals surface area (Å²) >= 11 is 4.15. The van der Waals surface area contributed by atoms with Crippen LogP contribution in [0.5, 0.6) is 11.5 Å². The van der Waals surface area contributed by atoms with Crippen LogP contribution in [0.1, 0.15) is 41.0 Å². The molecular formula is C24H33NO2S. The number of phenols is 1. The summed E-state index contributed by atoms with van der Waals surface area (Å²) in [6.07, 6.45) is 7.18. The Balaban J connectivity index is 2.95. The summed E-state index contributed by atoms with van der Waals surface area (Å²) in [5.41, 5.74) is 5.64. The van der Waals surface area contributed by atoms with Gasteiger partial charge in [-0.05, 0) is 80.5 Å². The number of phenolic OH excluding ortho intramolecular Hbond substituents is 1. The molecule has 1 N–H and O–H groups in total. The minimum absolute atomic E-state index is 0.233. The Morgan fingerprint density at radius 3 is 2.36 bits per heavy atom. The van der Waals surface area contributed by atoms with Crippen molar-refractivity contribution in [1.82, 2.24) is 4.90 Å². The summed E-state index contributed by atoms with van der Waals surface area (Å²) in [6, 6.07) is 6.78. The largest absolute Gasteiger partial charge is 0.508 e. The molecule has 0 fully saturated rings. The normalized spacial score (nSPS) is 13.5. The monoisotopic (exact) mass is 399 g/mol. The molecule has 0 saturated carbocycles. The minimum atomic E-state index is 0.233. The van der Waals surface area contributed by atoms with Crippen molar-refractivity contribution in [1.29, 1.82) is 0 Å². The van der Waals surface area contributed by atoms with Gasteiger partial charge in [0.15, 0.2) is 0 Å². The van der Waals surface area contributed by atoms with Gasteiger partial charge in [0.2, 0.25) is 0 Å². The van der Waals surface area contributed by atoms with E-state index in [-0.39, 0.29) is 5.75 Å². The highest BCUT2D eigenvalue weighted by atomic mass is 32.1. The third-order valence-corrected chi connectivity index (χ3v) is 4.77. The molecule has 0 radical (unpaired) electrons. The number of nitrogens with zero attached hydrogens (tertiary/aromatic N) is 1. The van der Waals surface area contributed by atoms with Crippen LogP contribution < -0.4 is 4.74 Å². The van der Waals surface area contributed by atoms with E-state index in [1.165, 1.54) is 16.8 Å². The van der Waals surface area contributed by atoms with Gasteiger partial charge < -0.3 is 14.7 Å². The molecule has 0 heterocycles. The molecule has 4 heteroatoms. The lowest BCUT2D eigenvalue weighted by atomic mass is 10.1. The molecule has 3 nitrogen and oxygen atoms in total. The lowest BCUT2D eigenvalue weighted by molar-refractivity contribution is 0.267. The predicted molar refractivity (Wildman–Crippen MR) is 124 cm³/mol. The fourth-order valence-electron chi connectivity index (χ4n) is 2.78. The van der Waals surface area contributed by atoms with Crippen LogP contribution in [0.3, 0.4) is 0 Å². The Morgan fingerprint density at radius 2 is 1.82 bits per heavy atom. The molecule has 0 saturated heterocycles. The van der Waals surface area contributed by atoms with E-state index in [0.717, 1.165) is 23.4 Å². The van der Waals surface area contributed by atoms with Crippen molar-refractivity contribution in [2.24, 2.45) is 0 Å². The van der Waals surface area contributed by atoms with Crippen molar-refractivity contribution in [2.45, 2.75) is 41.0 Å². The molecule has 0 unspecified atom stereocenters. The van der Waals surface area contributed by atoms with Crippen molar-refractivity contribution in [3.8, 4) is 11.5 Å². The van der Waals surface area contributed by atoms with Crippen molar-refractivity contribution in [2.75, 3.05) is 13.2 Å². The molecule has 0 aliphatic carbocycles. The Hall–Kier alpha value is -2.33. The smallest absolute Gasteiger partial charge is 0.119 e. The van der Waals surface area contributed by atoms with Crippen molar-refractivity contribution in [3.63, 3.8) is 0 Å². The molecule has 0 aliphatic rings. The molecule has 0 atom stereocenters. The first-order valence-electron chi connectivity index (χ1n) is 9.54. The summed E-state index contributed by atoms with van der Waals surface area (Å²) in [7, 11) is 0. The quantitative estimate of drug-likeness (QED) is 0.342. The minimum Gasteiger partial charge on any atom is -0.508 e. The molecule has 1 aromatic rings. The van der Waals surface area contributed by atoms with E-state index in [9.17, 15) is 5.11 Å².